The third kappa shape index (κ3) is 2.95. The molecule has 0 atom stereocenters. The lowest BCUT2D eigenvalue weighted by Gasteiger charge is -2.22. The fraction of sp³-hybridized carbons (Fsp3) is 0.250. The van der Waals surface area contributed by atoms with E-state index in [1.54, 1.807) is 28.4 Å². The fourth-order valence-electron chi connectivity index (χ4n) is 4.01. The van der Waals surface area contributed by atoms with Gasteiger partial charge in [-0.3, -0.25) is 14.5 Å². The van der Waals surface area contributed by atoms with Crippen molar-refractivity contribution in [3.05, 3.63) is 64.3 Å². The molecule has 1 aliphatic rings. The highest BCUT2D eigenvalue weighted by Crippen LogP contribution is 2.33. The first-order chi connectivity index (χ1) is 13.7. The Hall–Kier alpha value is -2.81. The third-order valence-corrected chi connectivity index (χ3v) is 6.44. The number of non-ortho nitro benzene ring substituents is 1. The van der Waals surface area contributed by atoms with Crippen LogP contribution in [0, 0.1) is 10.1 Å². The second kappa shape index (κ2) is 6.97. The Bertz CT molecular complexity index is 1160. The highest BCUT2D eigenvalue weighted by molar-refractivity contribution is 7.23. The van der Waals surface area contributed by atoms with E-state index < -0.39 is 0 Å². The SMILES string of the molecule is O=[N+]([O-])c1ccc(-c2nc3sc4ccccc4n3c2C[NH+]2CC[NH2+]CC2)cc1. The zero-order valence-corrected chi connectivity index (χ0v) is 16.1. The summed E-state index contributed by atoms with van der Waals surface area (Å²) < 4.78 is 3.51. The summed E-state index contributed by atoms with van der Waals surface area (Å²) in [6, 6.07) is 15.1. The molecule has 3 N–H and O–H groups in total. The summed E-state index contributed by atoms with van der Waals surface area (Å²) in [4.78, 5) is 18.1. The first-order valence-electron chi connectivity index (χ1n) is 9.49. The van der Waals surface area contributed by atoms with Gasteiger partial charge in [-0.15, -0.1) is 0 Å². The predicted octanol–water partition coefficient (Wildman–Crippen LogP) is 1.09. The van der Waals surface area contributed by atoms with E-state index in [1.807, 2.05) is 12.1 Å². The van der Waals surface area contributed by atoms with Crippen LogP contribution in [0.3, 0.4) is 0 Å². The highest BCUT2D eigenvalue weighted by atomic mass is 32.1. The number of fused-ring (bicyclic) bond motifs is 3. The largest absolute Gasteiger partial charge is 0.337 e. The van der Waals surface area contributed by atoms with Gasteiger partial charge in [-0.1, -0.05) is 23.5 Å². The van der Waals surface area contributed by atoms with Crippen molar-refractivity contribution in [3.63, 3.8) is 0 Å². The minimum Gasteiger partial charge on any atom is -0.337 e. The van der Waals surface area contributed by atoms with Gasteiger partial charge in [-0.25, -0.2) is 4.98 Å². The Morgan fingerprint density at radius 3 is 2.64 bits per heavy atom. The van der Waals surface area contributed by atoms with Gasteiger partial charge in [-0.05, 0) is 24.3 Å². The summed E-state index contributed by atoms with van der Waals surface area (Å²) in [5, 5.41) is 13.4. The van der Waals surface area contributed by atoms with Crippen LogP contribution in [0.2, 0.25) is 0 Å². The molecule has 7 nitrogen and oxygen atoms in total. The van der Waals surface area contributed by atoms with Crippen molar-refractivity contribution in [2.75, 3.05) is 26.2 Å². The number of nitro groups is 1. The lowest BCUT2D eigenvalue weighted by molar-refractivity contribution is -0.958. The molecule has 2 aromatic carbocycles. The molecule has 1 saturated heterocycles. The van der Waals surface area contributed by atoms with E-state index in [0.717, 1.165) is 48.9 Å². The molecule has 4 aromatic rings. The molecule has 0 aliphatic carbocycles. The molecular formula is C20H21N5O2S+2. The third-order valence-electron chi connectivity index (χ3n) is 5.42. The number of hydrogen-bond donors (Lipinski definition) is 2. The Morgan fingerprint density at radius 2 is 1.89 bits per heavy atom. The van der Waals surface area contributed by atoms with E-state index in [9.17, 15) is 10.1 Å². The van der Waals surface area contributed by atoms with Crippen LogP contribution in [0.25, 0.3) is 26.4 Å². The molecule has 3 heterocycles. The first-order valence-corrected chi connectivity index (χ1v) is 10.3. The fourth-order valence-corrected chi connectivity index (χ4v) is 5.05. The lowest BCUT2D eigenvalue weighted by Crippen LogP contribution is -3.19. The van der Waals surface area contributed by atoms with Gasteiger partial charge in [0.05, 0.1) is 20.8 Å². The quantitative estimate of drug-likeness (QED) is 0.401. The van der Waals surface area contributed by atoms with E-state index >= 15 is 0 Å². The molecule has 0 amide bonds. The number of benzene rings is 2. The van der Waals surface area contributed by atoms with Gasteiger partial charge in [0.25, 0.3) is 5.69 Å². The summed E-state index contributed by atoms with van der Waals surface area (Å²) in [6.07, 6.45) is 0. The monoisotopic (exact) mass is 395 g/mol. The molecule has 0 unspecified atom stereocenters. The molecule has 28 heavy (non-hydrogen) atoms. The summed E-state index contributed by atoms with van der Waals surface area (Å²) in [7, 11) is 0. The summed E-state index contributed by atoms with van der Waals surface area (Å²) in [6.45, 7) is 5.47. The molecule has 0 saturated carbocycles. The first kappa shape index (κ1) is 17.3. The maximum absolute atomic E-state index is 11.0. The molecule has 5 rings (SSSR count). The maximum Gasteiger partial charge on any atom is 0.269 e. The van der Waals surface area contributed by atoms with Gasteiger partial charge in [0.2, 0.25) is 0 Å². The number of nitrogens with two attached hydrogens (primary N) is 1. The Labute approximate surface area is 165 Å². The average Bonchev–Trinajstić information content (AvgIpc) is 3.25. The predicted molar refractivity (Wildman–Crippen MR) is 109 cm³/mol. The van der Waals surface area contributed by atoms with Crippen molar-refractivity contribution in [1.82, 2.24) is 9.38 Å². The van der Waals surface area contributed by atoms with Gasteiger partial charge in [0.15, 0.2) is 4.96 Å². The molecule has 2 aromatic heterocycles. The van der Waals surface area contributed by atoms with Gasteiger partial charge in [-0.2, -0.15) is 0 Å². The molecule has 1 aliphatic heterocycles. The Balaban J connectivity index is 1.66. The molecule has 1 fully saturated rings. The van der Waals surface area contributed by atoms with E-state index in [1.165, 1.54) is 15.9 Å². The Morgan fingerprint density at radius 1 is 1.14 bits per heavy atom. The van der Waals surface area contributed by atoms with Crippen molar-refractivity contribution in [1.29, 1.82) is 0 Å². The van der Waals surface area contributed by atoms with Gasteiger partial charge in [0.1, 0.15) is 38.4 Å². The van der Waals surface area contributed by atoms with Crippen LogP contribution in [0.15, 0.2) is 48.5 Å². The smallest absolute Gasteiger partial charge is 0.269 e. The summed E-state index contributed by atoms with van der Waals surface area (Å²) in [5.74, 6) is 0. The minimum atomic E-state index is -0.363. The van der Waals surface area contributed by atoms with Gasteiger partial charge in [0, 0.05) is 17.7 Å². The van der Waals surface area contributed by atoms with Crippen LogP contribution in [0.4, 0.5) is 5.69 Å². The highest BCUT2D eigenvalue weighted by Gasteiger charge is 2.24. The van der Waals surface area contributed by atoms with Crippen molar-refractivity contribution in [2.45, 2.75) is 6.54 Å². The zero-order valence-electron chi connectivity index (χ0n) is 15.3. The van der Waals surface area contributed by atoms with Crippen LogP contribution in [-0.4, -0.2) is 40.5 Å². The lowest BCUT2D eigenvalue weighted by atomic mass is 10.1. The number of thiazole rings is 1. The van der Waals surface area contributed by atoms with Crippen molar-refractivity contribution < 1.29 is 15.1 Å². The second-order valence-corrected chi connectivity index (χ2v) is 8.20. The molecular weight excluding hydrogens is 374 g/mol. The molecule has 8 heteroatoms. The average molecular weight is 395 g/mol. The minimum absolute atomic E-state index is 0.106. The van der Waals surface area contributed by atoms with Crippen molar-refractivity contribution in [2.24, 2.45) is 0 Å². The van der Waals surface area contributed by atoms with E-state index in [0.29, 0.717) is 0 Å². The molecule has 142 valence electrons. The van der Waals surface area contributed by atoms with Gasteiger partial charge < -0.3 is 10.2 Å². The van der Waals surface area contributed by atoms with Gasteiger partial charge >= 0.3 is 0 Å². The Kier molecular flexibility index (Phi) is 4.31. The van der Waals surface area contributed by atoms with Crippen molar-refractivity contribution in [3.8, 4) is 11.3 Å². The number of nitrogens with one attached hydrogen (secondary N) is 1. The number of piperazine rings is 1. The summed E-state index contributed by atoms with van der Waals surface area (Å²) >= 11 is 1.69. The number of aromatic nitrogens is 2. The normalized spacial score (nSPS) is 15.4. The van der Waals surface area contributed by atoms with Crippen LogP contribution in [0.5, 0.6) is 0 Å². The van der Waals surface area contributed by atoms with Crippen LogP contribution < -0.4 is 10.2 Å². The number of hydrogen-bond acceptors (Lipinski definition) is 4. The van der Waals surface area contributed by atoms with Crippen LogP contribution >= 0.6 is 11.3 Å². The number of nitro benzene ring substituents is 1. The number of quaternary nitrogens is 2. The van der Waals surface area contributed by atoms with Crippen molar-refractivity contribution >= 4 is 32.2 Å². The van der Waals surface area contributed by atoms with Crippen LogP contribution in [0.1, 0.15) is 5.69 Å². The number of para-hydroxylation sites is 1. The van der Waals surface area contributed by atoms with Crippen LogP contribution in [-0.2, 0) is 6.54 Å². The number of imidazole rings is 1. The molecule has 0 bridgehead atoms. The number of rotatable bonds is 4. The van der Waals surface area contributed by atoms with E-state index in [4.69, 9.17) is 4.98 Å². The summed E-state index contributed by atoms with van der Waals surface area (Å²) in [5.41, 5.74) is 4.35. The topological polar surface area (TPSA) is 81.5 Å². The standard InChI is InChI=1S/C20H19N5O2S/c26-25(27)15-7-5-14(6-8-15)19-17(13-23-11-9-21-10-12-23)24-16-3-1-2-4-18(16)28-20(24)22-19/h1-8,21H,9-13H2/p+2. The van der Waals surface area contributed by atoms with E-state index in [2.05, 4.69) is 34.0 Å². The zero-order chi connectivity index (χ0) is 19.1. The molecule has 0 radical (unpaired) electrons. The molecule has 0 spiro atoms. The maximum atomic E-state index is 11.0. The second-order valence-electron chi connectivity index (χ2n) is 7.19. The van der Waals surface area contributed by atoms with E-state index in [-0.39, 0.29) is 10.6 Å². The number of nitrogens with zero attached hydrogens (tertiary/aromatic N) is 3.